The molecular formula is C15H23N3O2. The van der Waals surface area contributed by atoms with E-state index in [0.29, 0.717) is 13.1 Å². The van der Waals surface area contributed by atoms with Crippen LogP contribution < -0.4 is 5.32 Å². The number of amides is 2. The lowest BCUT2D eigenvalue weighted by molar-refractivity contribution is -0.131. The van der Waals surface area contributed by atoms with E-state index in [-0.39, 0.29) is 29.7 Å². The van der Waals surface area contributed by atoms with Crippen molar-refractivity contribution in [3.8, 4) is 6.07 Å². The monoisotopic (exact) mass is 277 g/mol. The maximum Gasteiger partial charge on any atom is 0.243 e. The van der Waals surface area contributed by atoms with E-state index in [0.717, 1.165) is 12.8 Å². The Bertz CT molecular complexity index is 421. The number of carbonyl (C=O) groups excluding carboxylic acids is 2. The summed E-state index contributed by atoms with van der Waals surface area (Å²) in [5, 5.41) is 11.5. The summed E-state index contributed by atoms with van der Waals surface area (Å²) in [6.45, 7) is 7.32. The molecule has 0 atom stereocenters. The van der Waals surface area contributed by atoms with Crippen molar-refractivity contribution in [2.45, 2.75) is 46.1 Å². The first-order valence-electron chi connectivity index (χ1n) is 6.96. The zero-order valence-electron chi connectivity index (χ0n) is 12.5. The number of piperidine rings is 1. The van der Waals surface area contributed by atoms with Crippen LogP contribution in [0.4, 0.5) is 0 Å². The molecule has 1 N–H and O–H groups in total. The van der Waals surface area contributed by atoms with Crippen LogP contribution in [0.1, 0.15) is 40.0 Å². The van der Waals surface area contributed by atoms with Gasteiger partial charge in [-0.15, -0.1) is 0 Å². The van der Waals surface area contributed by atoms with E-state index in [9.17, 15) is 9.59 Å². The van der Waals surface area contributed by atoms with E-state index in [1.165, 1.54) is 0 Å². The Morgan fingerprint density at radius 1 is 1.35 bits per heavy atom. The Balaban J connectivity index is 2.36. The van der Waals surface area contributed by atoms with Gasteiger partial charge in [0.15, 0.2) is 0 Å². The minimum Gasteiger partial charge on any atom is -0.350 e. The maximum absolute atomic E-state index is 11.8. The smallest absolute Gasteiger partial charge is 0.243 e. The van der Waals surface area contributed by atoms with Crippen molar-refractivity contribution in [2.24, 2.45) is 5.41 Å². The fourth-order valence-corrected chi connectivity index (χ4v) is 2.03. The second-order valence-electron chi connectivity index (χ2n) is 6.20. The molecule has 5 nitrogen and oxygen atoms in total. The van der Waals surface area contributed by atoms with E-state index in [1.807, 2.05) is 32.9 Å². The van der Waals surface area contributed by atoms with Crippen molar-refractivity contribution in [2.75, 3.05) is 13.1 Å². The van der Waals surface area contributed by atoms with Gasteiger partial charge in [-0.1, -0.05) is 26.8 Å². The van der Waals surface area contributed by atoms with Gasteiger partial charge in [-0.2, -0.15) is 5.26 Å². The Morgan fingerprint density at radius 3 is 2.45 bits per heavy atom. The first-order valence-corrected chi connectivity index (χ1v) is 6.96. The highest BCUT2D eigenvalue weighted by atomic mass is 16.2. The maximum atomic E-state index is 11.8. The van der Waals surface area contributed by atoms with Crippen molar-refractivity contribution in [1.29, 1.82) is 5.26 Å². The predicted molar refractivity (Wildman–Crippen MR) is 76.6 cm³/mol. The molecule has 0 aromatic rings. The molecule has 0 unspecified atom stereocenters. The van der Waals surface area contributed by atoms with Crippen LogP contribution in [0, 0.1) is 16.7 Å². The highest BCUT2D eigenvalue weighted by Crippen LogP contribution is 2.15. The molecule has 1 saturated heterocycles. The number of hydrogen-bond acceptors (Lipinski definition) is 3. The third-order valence-corrected chi connectivity index (χ3v) is 3.16. The number of carbonyl (C=O) groups is 2. The van der Waals surface area contributed by atoms with Crippen LogP contribution in [0.15, 0.2) is 12.2 Å². The highest BCUT2D eigenvalue weighted by molar-refractivity contribution is 5.87. The average molecular weight is 277 g/mol. The molecule has 20 heavy (non-hydrogen) atoms. The van der Waals surface area contributed by atoms with Crippen molar-refractivity contribution in [3.63, 3.8) is 0 Å². The van der Waals surface area contributed by atoms with Crippen molar-refractivity contribution in [3.05, 3.63) is 12.2 Å². The van der Waals surface area contributed by atoms with Gasteiger partial charge in [-0.25, -0.2) is 0 Å². The van der Waals surface area contributed by atoms with Crippen LogP contribution in [-0.4, -0.2) is 35.8 Å². The molecule has 2 amide bonds. The van der Waals surface area contributed by atoms with Crippen molar-refractivity contribution < 1.29 is 9.59 Å². The van der Waals surface area contributed by atoms with Crippen LogP contribution >= 0.6 is 0 Å². The normalized spacial score (nSPS) is 17.0. The third-order valence-electron chi connectivity index (χ3n) is 3.16. The molecule has 5 heteroatoms. The van der Waals surface area contributed by atoms with E-state index >= 15 is 0 Å². The molecule has 0 aromatic carbocycles. The molecule has 0 aliphatic carbocycles. The molecular weight excluding hydrogens is 254 g/mol. The van der Waals surface area contributed by atoms with Crippen LogP contribution in [0.5, 0.6) is 0 Å². The lowest BCUT2D eigenvalue weighted by Gasteiger charge is -2.31. The summed E-state index contributed by atoms with van der Waals surface area (Å²) >= 11 is 0. The van der Waals surface area contributed by atoms with Gasteiger partial charge < -0.3 is 10.2 Å². The lowest BCUT2D eigenvalue weighted by Crippen LogP contribution is -2.46. The van der Waals surface area contributed by atoms with Gasteiger partial charge in [0, 0.05) is 19.1 Å². The van der Waals surface area contributed by atoms with E-state index in [4.69, 9.17) is 5.26 Å². The number of nitriles is 1. The molecule has 1 aliphatic heterocycles. The van der Waals surface area contributed by atoms with Crippen LogP contribution in [0.25, 0.3) is 0 Å². The fourth-order valence-electron chi connectivity index (χ4n) is 2.03. The predicted octanol–water partition coefficient (Wildman–Crippen LogP) is 1.61. The molecule has 0 bridgehead atoms. The summed E-state index contributed by atoms with van der Waals surface area (Å²) in [5.74, 6) is -0.202. The summed E-state index contributed by atoms with van der Waals surface area (Å²) in [6.07, 6.45) is 4.88. The summed E-state index contributed by atoms with van der Waals surface area (Å²) in [7, 11) is 0. The van der Waals surface area contributed by atoms with Gasteiger partial charge in [-0.3, -0.25) is 9.59 Å². The molecule has 0 saturated carbocycles. The first-order chi connectivity index (χ1) is 9.31. The standard InChI is InChI=1S/C15H23N3O2/c1-15(2,3)8-4-13(19)17-12-6-10-18(11-7-12)14(20)5-9-16/h4,8,12H,5-7,10-11H2,1-3H3,(H,17,19)/b8-4+. The van der Waals surface area contributed by atoms with Gasteiger partial charge in [0.1, 0.15) is 6.42 Å². The minimum atomic E-state index is -0.120. The first kappa shape index (κ1) is 16.2. The molecule has 0 spiro atoms. The number of allylic oxidation sites excluding steroid dienone is 1. The number of nitrogens with one attached hydrogen (secondary N) is 1. The zero-order chi connectivity index (χ0) is 15.2. The number of nitrogens with zero attached hydrogens (tertiary/aromatic N) is 2. The van der Waals surface area contributed by atoms with Crippen LogP contribution in [-0.2, 0) is 9.59 Å². The molecule has 1 aliphatic rings. The molecule has 0 aromatic heterocycles. The summed E-state index contributed by atoms with van der Waals surface area (Å²) in [6, 6.07) is 1.98. The quantitative estimate of drug-likeness (QED) is 0.796. The topological polar surface area (TPSA) is 73.2 Å². The second kappa shape index (κ2) is 7.09. The SMILES string of the molecule is CC(C)(C)/C=C/C(=O)NC1CCN(C(=O)CC#N)CC1. The summed E-state index contributed by atoms with van der Waals surface area (Å²) in [5.41, 5.74) is -0.00951. The van der Waals surface area contributed by atoms with Crippen LogP contribution in [0.2, 0.25) is 0 Å². The van der Waals surface area contributed by atoms with Gasteiger partial charge in [0.05, 0.1) is 6.07 Å². The van der Waals surface area contributed by atoms with Crippen LogP contribution in [0.3, 0.4) is 0 Å². The molecule has 1 heterocycles. The highest BCUT2D eigenvalue weighted by Gasteiger charge is 2.23. The number of likely N-dealkylation sites (tertiary alicyclic amines) is 1. The number of hydrogen-bond donors (Lipinski definition) is 1. The fraction of sp³-hybridized carbons (Fsp3) is 0.667. The van der Waals surface area contributed by atoms with Gasteiger partial charge in [0.25, 0.3) is 0 Å². The molecule has 110 valence electrons. The Morgan fingerprint density at radius 2 is 1.95 bits per heavy atom. The molecule has 1 fully saturated rings. The van der Waals surface area contributed by atoms with Gasteiger partial charge >= 0.3 is 0 Å². The second-order valence-corrected chi connectivity index (χ2v) is 6.20. The van der Waals surface area contributed by atoms with E-state index < -0.39 is 0 Å². The molecule has 0 radical (unpaired) electrons. The van der Waals surface area contributed by atoms with Gasteiger partial charge in [0.2, 0.25) is 11.8 Å². The minimum absolute atomic E-state index is 0.00951. The Labute approximate surface area is 120 Å². The summed E-state index contributed by atoms with van der Waals surface area (Å²) < 4.78 is 0. The third kappa shape index (κ3) is 5.87. The average Bonchev–Trinajstić information content (AvgIpc) is 2.37. The lowest BCUT2D eigenvalue weighted by atomic mass is 9.96. The van der Waals surface area contributed by atoms with Crippen molar-refractivity contribution in [1.82, 2.24) is 10.2 Å². The Hall–Kier alpha value is -1.83. The van der Waals surface area contributed by atoms with E-state index in [2.05, 4.69) is 5.32 Å². The van der Waals surface area contributed by atoms with Crippen molar-refractivity contribution >= 4 is 11.8 Å². The van der Waals surface area contributed by atoms with Gasteiger partial charge in [-0.05, 0) is 24.3 Å². The van der Waals surface area contributed by atoms with E-state index in [1.54, 1.807) is 11.0 Å². The summed E-state index contributed by atoms with van der Waals surface area (Å²) in [4.78, 5) is 25.0. The zero-order valence-corrected chi connectivity index (χ0v) is 12.5. The molecule has 1 rings (SSSR count). The largest absolute Gasteiger partial charge is 0.350 e. The number of rotatable bonds is 3. The Kier molecular flexibility index (Phi) is 5.75.